The number of hydrogen-bond acceptors (Lipinski definition) is 6. The van der Waals surface area contributed by atoms with Gasteiger partial charge in [-0.05, 0) is 37.1 Å². The second-order valence-electron chi connectivity index (χ2n) is 7.52. The fraction of sp³-hybridized carbons (Fsp3) is 0.250. The topological polar surface area (TPSA) is 113 Å². The molecule has 2 N–H and O–H groups in total. The molecule has 0 saturated heterocycles. The number of ether oxygens (including phenoxy) is 1. The number of aliphatic carboxylic acids is 1. The fourth-order valence-electron chi connectivity index (χ4n) is 3.64. The van der Waals surface area contributed by atoms with Crippen molar-refractivity contribution in [2.24, 2.45) is 4.99 Å². The maximum absolute atomic E-state index is 12.7. The average Bonchev–Trinajstić information content (AvgIpc) is 2.74. The predicted octanol–water partition coefficient (Wildman–Crippen LogP) is 3.27. The monoisotopic (exact) mass is 433 g/mol. The quantitative estimate of drug-likeness (QED) is 0.535. The molecule has 8 nitrogen and oxygen atoms in total. The van der Waals surface area contributed by atoms with Crippen LogP contribution in [0.15, 0.2) is 58.7 Å². The van der Waals surface area contributed by atoms with Gasteiger partial charge >= 0.3 is 5.97 Å². The van der Waals surface area contributed by atoms with Gasteiger partial charge in [0.1, 0.15) is 23.8 Å². The van der Waals surface area contributed by atoms with Gasteiger partial charge in [0.2, 0.25) is 0 Å². The molecule has 32 heavy (non-hydrogen) atoms. The van der Waals surface area contributed by atoms with E-state index in [4.69, 9.17) is 9.84 Å². The van der Waals surface area contributed by atoms with Crippen molar-refractivity contribution in [2.75, 3.05) is 0 Å². The second kappa shape index (κ2) is 9.05. The number of carbonyl (C=O) groups is 1. The van der Waals surface area contributed by atoms with E-state index in [2.05, 4.69) is 9.98 Å². The van der Waals surface area contributed by atoms with E-state index in [0.717, 1.165) is 12.1 Å². The molecular formula is C24H23N3O5. The number of aliphatic imine (C=N–C) groups is 1. The van der Waals surface area contributed by atoms with E-state index in [9.17, 15) is 14.7 Å². The highest BCUT2D eigenvalue weighted by molar-refractivity contribution is 6.14. The van der Waals surface area contributed by atoms with Gasteiger partial charge in [-0.3, -0.25) is 19.0 Å². The van der Waals surface area contributed by atoms with E-state index in [1.165, 1.54) is 10.6 Å². The van der Waals surface area contributed by atoms with Gasteiger partial charge in [0.05, 0.1) is 5.71 Å². The van der Waals surface area contributed by atoms with Crippen molar-refractivity contribution in [3.8, 4) is 11.5 Å². The molecule has 8 heteroatoms. The number of rotatable bonds is 9. The number of carboxylic acid groups (broad SMARTS) is 1. The average molecular weight is 433 g/mol. The highest BCUT2D eigenvalue weighted by Crippen LogP contribution is 2.34. The van der Waals surface area contributed by atoms with Crippen molar-refractivity contribution < 1.29 is 19.7 Å². The first kappa shape index (κ1) is 21.3. The molecule has 3 aromatic rings. The number of hydrogen-bond donors (Lipinski definition) is 2. The van der Waals surface area contributed by atoms with Crippen LogP contribution in [0.2, 0.25) is 0 Å². The highest BCUT2D eigenvalue weighted by Gasteiger charge is 2.18. The summed E-state index contributed by atoms with van der Waals surface area (Å²) in [6.07, 6.45) is 8.03. The molecule has 0 radical (unpaired) electrons. The number of carboxylic acids is 1. The molecule has 0 saturated carbocycles. The van der Waals surface area contributed by atoms with Gasteiger partial charge in [0, 0.05) is 47.3 Å². The third kappa shape index (κ3) is 4.12. The van der Waals surface area contributed by atoms with Gasteiger partial charge in [-0.2, -0.15) is 0 Å². The Hall–Kier alpha value is -3.94. The summed E-state index contributed by atoms with van der Waals surface area (Å²) in [4.78, 5) is 32.1. The molecule has 164 valence electrons. The van der Waals surface area contributed by atoms with Crippen molar-refractivity contribution in [3.63, 3.8) is 0 Å². The lowest BCUT2D eigenvalue weighted by Crippen LogP contribution is -2.21. The zero-order valence-electron chi connectivity index (χ0n) is 17.6. The normalized spacial score (nSPS) is 12.5. The predicted molar refractivity (Wildman–Crippen MR) is 120 cm³/mol. The first-order valence-corrected chi connectivity index (χ1v) is 10.4. The third-order valence-electron chi connectivity index (χ3n) is 5.34. The summed E-state index contributed by atoms with van der Waals surface area (Å²) in [5.41, 5.74) is 3.34. The van der Waals surface area contributed by atoms with Crippen molar-refractivity contribution >= 4 is 17.3 Å². The maximum Gasteiger partial charge on any atom is 0.303 e. The lowest BCUT2D eigenvalue weighted by atomic mass is 9.99. The lowest BCUT2D eigenvalue weighted by molar-refractivity contribution is -0.136. The molecule has 0 unspecified atom stereocenters. The second-order valence-corrected chi connectivity index (χ2v) is 7.52. The Morgan fingerprint density at radius 3 is 2.69 bits per heavy atom. The minimum Gasteiger partial charge on any atom is -0.507 e. The molecule has 3 heterocycles. The van der Waals surface area contributed by atoms with Crippen molar-refractivity contribution in [1.29, 1.82) is 0 Å². The zero-order valence-corrected chi connectivity index (χ0v) is 17.6. The van der Waals surface area contributed by atoms with E-state index < -0.39 is 5.97 Å². The highest BCUT2D eigenvalue weighted by atomic mass is 16.5. The van der Waals surface area contributed by atoms with Gasteiger partial charge in [-0.25, -0.2) is 4.98 Å². The van der Waals surface area contributed by atoms with Crippen molar-refractivity contribution in [1.82, 2.24) is 9.38 Å². The molecule has 4 rings (SSSR count). The Kier molecular flexibility index (Phi) is 6.02. The summed E-state index contributed by atoms with van der Waals surface area (Å²) in [6, 6.07) is 7.15. The Bertz CT molecular complexity index is 1310. The third-order valence-corrected chi connectivity index (χ3v) is 5.34. The van der Waals surface area contributed by atoms with Crippen LogP contribution >= 0.6 is 0 Å². The Labute approximate surface area is 184 Å². The lowest BCUT2D eigenvalue weighted by Gasteiger charge is -2.17. The number of allylic oxidation sites excluding steroid dienone is 1. The molecule has 1 aliphatic rings. The number of phenols is 1. The van der Waals surface area contributed by atoms with Gasteiger partial charge in [-0.1, -0.05) is 19.4 Å². The van der Waals surface area contributed by atoms with Gasteiger partial charge < -0.3 is 14.9 Å². The summed E-state index contributed by atoms with van der Waals surface area (Å²) < 4.78 is 7.46. The Balaban J connectivity index is 1.62. The first-order valence-electron chi connectivity index (χ1n) is 10.4. The summed E-state index contributed by atoms with van der Waals surface area (Å²) in [5, 5.41) is 19.6. The largest absolute Gasteiger partial charge is 0.507 e. The van der Waals surface area contributed by atoms with Crippen LogP contribution in [0.1, 0.15) is 42.0 Å². The minimum absolute atomic E-state index is 0.122. The van der Waals surface area contributed by atoms with Crippen LogP contribution in [0.5, 0.6) is 11.5 Å². The molecule has 1 aliphatic heterocycles. The first-order chi connectivity index (χ1) is 15.5. The van der Waals surface area contributed by atoms with E-state index >= 15 is 0 Å². The molecular weight excluding hydrogens is 410 g/mol. The molecule has 2 aromatic heterocycles. The number of fused-ring (bicyclic) bond motifs is 1. The van der Waals surface area contributed by atoms with Crippen molar-refractivity contribution in [3.05, 3.63) is 81.5 Å². The number of benzene rings is 1. The summed E-state index contributed by atoms with van der Waals surface area (Å²) in [6.45, 7) is 2.18. The van der Waals surface area contributed by atoms with E-state index in [1.807, 2.05) is 25.1 Å². The van der Waals surface area contributed by atoms with Crippen LogP contribution < -0.4 is 10.3 Å². The van der Waals surface area contributed by atoms with E-state index in [0.29, 0.717) is 40.1 Å². The van der Waals surface area contributed by atoms with Crippen LogP contribution in [-0.2, 0) is 24.2 Å². The van der Waals surface area contributed by atoms with Crippen LogP contribution in [0.3, 0.4) is 0 Å². The van der Waals surface area contributed by atoms with E-state index in [-0.39, 0.29) is 30.8 Å². The number of aromatic nitrogens is 2. The molecule has 1 aromatic carbocycles. The summed E-state index contributed by atoms with van der Waals surface area (Å²) in [5.74, 6) is -0.226. The van der Waals surface area contributed by atoms with Crippen LogP contribution in [0.25, 0.3) is 5.65 Å². The molecule has 0 amide bonds. The Morgan fingerprint density at radius 1 is 1.19 bits per heavy atom. The van der Waals surface area contributed by atoms with Crippen LogP contribution in [-0.4, -0.2) is 31.3 Å². The van der Waals surface area contributed by atoms with Gasteiger partial charge in [-0.15, -0.1) is 0 Å². The molecule has 0 spiro atoms. The number of aromatic hydroxyl groups is 1. The maximum atomic E-state index is 12.7. The summed E-state index contributed by atoms with van der Waals surface area (Å²) >= 11 is 0. The Morgan fingerprint density at radius 2 is 2.00 bits per heavy atom. The summed E-state index contributed by atoms with van der Waals surface area (Å²) in [7, 11) is 0. The van der Waals surface area contributed by atoms with Gasteiger partial charge in [0.15, 0.2) is 0 Å². The van der Waals surface area contributed by atoms with Crippen LogP contribution in [0, 0.1) is 0 Å². The number of nitrogens with zero attached hydrogens (tertiary/aromatic N) is 3. The number of phenolic OH excluding ortho intramolecular Hbond substituents is 1. The zero-order chi connectivity index (χ0) is 22.7. The fourth-order valence-corrected chi connectivity index (χ4v) is 3.64. The molecule has 0 aliphatic carbocycles. The van der Waals surface area contributed by atoms with Gasteiger partial charge in [0.25, 0.3) is 5.56 Å². The van der Waals surface area contributed by atoms with E-state index in [1.54, 1.807) is 24.5 Å². The smallest absolute Gasteiger partial charge is 0.303 e. The molecule has 0 bridgehead atoms. The molecule has 0 fully saturated rings. The van der Waals surface area contributed by atoms with Crippen LogP contribution in [0.4, 0.5) is 0 Å². The SMILES string of the molecule is CCCc1c(OCc2cccn3c(=O)c(CCC(=O)O)cnc23)ccc(C2=NC=C2)c1O. The number of aryl methyl sites for hydroxylation is 1. The minimum atomic E-state index is -0.964. The van der Waals surface area contributed by atoms with Crippen molar-refractivity contribution in [2.45, 2.75) is 39.2 Å². The number of pyridine rings is 1. The molecule has 0 atom stereocenters. The standard InChI is InChI=1S/C24H23N3O5/c1-2-4-18-20(8-7-17(22(18)30)19-10-11-25-19)32-14-16-5-3-12-27-23(16)26-13-15(24(27)31)6-9-21(28)29/h3,5,7-8,10-13,30H,2,4,6,9,14H2,1H3,(H,28,29).